The molecule has 0 aliphatic heterocycles. The Balaban J connectivity index is 2.41. The number of Topliss-reactive ketones (excluding diaryl/α,β-unsaturated/α-hetero) is 1. The molecule has 0 bridgehead atoms. The number of benzene rings is 1. The predicted molar refractivity (Wildman–Crippen MR) is 78.7 cm³/mol. The number of hydrogen-bond donors (Lipinski definition) is 0. The highest BCUT2D eigenvalue weighted by molar-refractivity contribution is 7.17. The molecule has 0 aliphatic carbocycles. The van der Waals surface area contributed by atoms with Gasteiger partial charge in [-0.1, -0.05) is 31.5 Å². The fourth-order valence-electron chi connectivity index (χ4n) is 1.76. The van der Waals surface area contributed by atoms with E-state index in [-0.39, 0.29) is 11.7 Å². The molecule has 1 heterocycles. The van der Waals surface area contributed by atoms with Crippen molar-refractivity contribution in [2.45, 2.75) is 20.8 Å². The Morgan fingerprint density at radius 3 is 2.61 bits per heavy atom. The molecule has 0 saturated carbocycles. The summed E-state index contributed by atoms with van der Waals surface area (Å²) in [6.45, 7) is 5.90. The highest BCUT2D eigenvalue weighted by Gasteiger charge is 2.14. The Kier molecular flexibility index (Phi) is 3.88. The molecule has 94 valence electrons. The van der Waals surface area contributed by atoms with E-state index in [4.69, 9.17) is 11.6 Å². The Labute approximate surface area is 116 Å². The molecule has 1 aromatic heterocycles. The predicted octanol–water partition coefficient (Wildman–Crippen LogP) is 5.22. The van der Waals surface area contributed by atoms with E-state index >= 15 is 0 Å². The summed E-state index contributed by atoms with van der Waals surface area (Å²) in [5.41, 5.74) is 2.28. The third-order valence-electron chi connectivity index (χ3n) is 2.84. The quantitative estimate of drug-likeness (QED) is 0.704. The van der Waals surface area contributed by atoms with Gasteiger partial charge in [-0.15, -0.1) is 11.3 Å². The van der Waals surface area contributed by atoms with Crippen molar-refractivity contribution >= 4 is 28.7 Å². The Hall–Kier alpha value is -1.12. The highest BCUT2D eigenvalue weighted by atomic mass is 35.5. The first-order chi connectivity index (χ1) is 8.49. The maximum Gasteiger partial charge on any atom is 0.175 e. The fourth-order valence-corrected chi connectivity index (χ4v) is 3.11. The van der Waals surface area contributed by atoms with E-state index in [2.05, 4.69) is 6.92 Å². The maximum absolute atomic E-state index is 11.9. The van der Waals surface area contributed by atoms with Crippen LogP contribution in [0.1, 0.15) is 29.1 Å². The molecule has 1 nitrogen and oxygen atoms in total. The molecule has 0 unspecified atom stereocenters. The number of hydrogen-bond acceptors (Lipinski definition) is 2. The highest BCUT2D eigenvalue weighted by Crippen LogP contribution is 2.33. The van der Waals surface area contributed by atoms with Gasteiger partial charge in [0.15, 0.2) is 5.78 Å². The lowest BCUT2D eigenvalue weighted by molar-refractivity contribution is 0.0943. The monoisotopic (exact) mass is 278 g/mol. The minimum Gasteiger partial charge on any atom is -0.293 e. The van der Waals surface area contributed by atoms with Gasteiger partial charge in [-0.05, 0) is 42.3 Å². The average Bonchev–Trinajstić information content (AvgIpc) is 2.80. The van der Waals surface area contributed by atoms with Gasteiger partial charge in [-0.2, -0.15) is 0 Å². The van der Waals surface area contributed by atoms with Crippen LogP contribution in [-0.4, -0.2) is 5.78 Å². The van der Waals surface area contributed by atoms with Crippen LogP contribution in [0, 0.1) is 12.8 Å². The molecule has 1 aromatic carbocycles. The van der Waals surface area contributed by atoms with Crippen LogP contribution in [0.5, 0.6) is 0 Å². The molecule has 0 N–H and O–H groups in total. The number of rotatable bonds is 3. The van der Waals surface area contributed by atoms with Gasteiger partial charge in [0.1, 0.15) is 0 Å². The zero-order valence-corrected chi connectivity index (χ0v) is 12.2. The lowest BCUT2D eigenvalue weighted by Crippen LogP contribution is -2.04. The zero-order chi connectivity index (χ0) is 13.3. The summed E-state index contributed by atoms with van der Waals surface area (Å²) in [5.74, 6) is 0.239. The molecule has 0 atom stereocenters. The minimum absolute atomic E-state index is 0.0389. The second-order valence-corrected chi connectivity index (χ2v) is 6.16. The van der Waals surface area contributed by atoms with Crippen LogP contribution in [-0.2, 0) is 0 Å². The molecule has 0 aliphatic rings. The van der Waals surface area contributed by atoms with Crippen molar-refractivity contribution in [3.05, 3.63) is 45.8 Å². The van der Waals surface area contributed by atoms with E-state index in [1.807, 2.05) is 44.2 Å². The van der Waals surface area contributed by atoms with Gasteiger partial charge < -0.3 is 0 Å². The Morgan fingerprint density at radius 2 is 1.94 bits per heavy atom. The Morgan fingerprint density at radius 1 is 1.22 bits per heavy atom. The van der Waals surface area contributed by atoms with Crippen LogP contribution in [0.3, 0.4) is 0 Å². The molecule has 3 heteroatoms. The average molecular weight is 279 g/mol. The second-order valence-electron chi connectivity index (χ2n) is 4.64. The van der Waals surface area contributed by atoms with Crippen LogP contribution in [0.2, 0.25) is 5.02 Å². The van der Waals surface area contributed by atoms with Gasteiger partial charge in [-0.3, -0.25) is 4.79 Å². The van der Waals surface area contributed by atoms with E-state index in [1.165, 1.54) is 16.9 Å². The molecule has 0 amide bonds. The van der Waals surface area contributed by atoms with Crippen molar-refractivity contribution in [3.63, 3.8) is 0 Å². The maximum atomic E-state index is 11.9. The molecule has 18 heavy (non-hydrogen) atoms. The molecule has 0 saturated heterocycles. The van der Waals surface area contributed by atoms with Gasteiger partial charge in [0.05, 0.1) is 4.88 Å². The lowest BCUT2D eigenvalue weighted by atomic mass is 10.1. The zero-order valence-electron chi connectivity index (χ0n) is 10.7. The lowest BCUT2D eigenvalue weighted by Gasteiger charge is -2.03. The van der Waals surface area contributed by atoms with Crippen molar-refractivity contribution in [1.82, 2.24) is 0 Å². The fraction of sp³-hybridized carbons (Fsp3) is 0.267. The Bertz CT molecular complexity index is 584. The third kappa shape index (κ3) is 2.65. The number of thiophene rings is 1. The molecule has 0 fully saturated rings. The topological polar surface area (TPSA) is 17.1 Å². The van der Waals surface area contributed by atoms with Gasteiger partial charge in [-0.25, -0.2) is 0 Å². The second kappa shape index (κ2) is 5.25. The van der Waals surface area contributed by atoms with E-state index in [0.717, 1.165) is 20.3 Å². The molecule has 0 spiro atoms. The normalized spacial score (nSPS) is 10.9. The van der Waals surface area contributed by atoms with Gasteiger partial charge in [0, 0.05) is 15.8 Å². The van der Waals surface area contributed by atoms with Crippen LogP contribution in [0.15, 0.2) is 30.3 Å². The largest absolute Gasteiger partial charge is 0.293 e. The standard InChI is InChI=1S/C15H15ClOS/c1-9(2)15(17)14-7-6-13(18-14)12-8-11(16)5-4-10(12)3/h4-9H,1-3H3. The summed E-state index contributed by atoms with van der Waals surface area (Å²) in [6.07, 6.45) is 0. The summed E-state index contributed by atoms with van der Waals surface area (Å²) >= 11 is 7.56. The van der Waals surface area contributed by atoms with E-state index < -0.39 is 0 Å². The van der Waals surface area contributed by atoms with Crippen molar-refractivity contribution in [3.8, 4) is 10.4 Å². The first kappa shape index (κ1) is 13.3. The molecular formula is C15H15ClOS. The first-order valence-corrected chi connectivity index (χ1v) is 7.09. The number of carbonyl (C=O) groups is 1. The van der Waals surface area contributed by atoms with Crippen molar-refractivity contribution in [2.75, 3.05) is 0 Å². The number of halogens is 1. The molecule has 2 aromatic rings. The van der Waals surface area contributed by atoms with Crippen LogP contribution in [0.4, 0.5) is 0 Å². The number of carbonyl (C=O) groups excluding carboxylic acids is 1. The van der Waals surface area contributed by atoms with Crippen LogP contribution in [0.25, 0.3) is 10.4 Å². The van der Waals surface area contributed by atoms with E-state index in [9.17, 15) is 4.79 Å². The summed E-state index contributed by atoms with van der Waals surface area (Å²) in [4.78, 5) is 13.8. The minimum atomic E-state index is 0.0389. The van der Waals surface area contributed by atoms with E-state index in [1.54, 1.807) is 0 Å². The summed E-state index contributed by atoms with van der Waals surface area (Å²) in [6, 6.07) is 9.74. The number of ketones is 1. The molecular weight excluding hydrogens is 264 g/mol. The van der Waals surface area contributed by atoms with Gasteiger partial charge >= 0.3 is 0 Å². The SMILES string of the molecule is Cc1ccc(Cl)cc1-c1ccc(C(=O)C(C)C)s1. The molecule has 0 radical (unpaired) electrons. The smallest absolute Gasteiger partial charge is 0.175 e. The summed E-state index contributed by atoms with van der Waals surface area (Å²) in [7, 11) is 0. The first-order valence-electron chi connectivity index (χ1n) is 5.89. The van der Waals surface area contributed by atoms with Crippen molar-refractivity contribution < 1.29 is 4.79 Å². The number of aryl methyl sites for hydroxylation is 1. The summed E-state index contributed by atoms with van der Waals surface area (Å²) < 4.78 is 0. The van der Waals surface area contributed by atoms with Crippen LogP contribution >= 0.6 is 22.9 Å². The summed E-state index contributed by atoms with van der Waals surface area (Å²) in [5, 5.41) is 0.723. The van der Waals surface area contributed by atoms with Crippen molar-refractivity contribution in [2.24, 2.45) is 5.92 Å². The molecule has 2 rings (SSSR count). The van der Waals surface area contributed by atoms with E-state index in [0.29, 0.717) is 0 Å². The van der Waals surface area contributed by atoms with Gasteiger partial charge in [0.2, 0.25) is 0 Å². The van der Waals surface area contributed by atoms with Crippen molar-refractivity contribution in [1.29, 1.82) is 0 Å². The third-order valence-corrected chi connectivity index (χ3v) is 4.21. The van der Waals surface area contributed by atoms with Crippen LogP contribution < -0.4 is 0 Å². The van der Waals surface area contributed by atoms with Gasteiger partial charge in [0.25, 0.3) is 0 Å².